The summed E-state index contributed by atoms with van der Waals surface area (Å²) in [7, 11) is 3.93. The van der Waals surface area contributed by atoms with Crippen molar-refractivity contribution in [2.24, 2.45) is 0 Å². The van der Waals surface area contributed by atoms with Crippen LogP contribution >= 0.6 is 0 Å². The third-order valence-corrected chi connectivity index (χ3v) is 3.55. The summed E-state index contributed by atoms with van der Waals surface area (Å²) in [6.07, 6.45) is 2.79. The van der Waals surface area contributed by atoms with Crippen molar-refractivity contribution in [1.29, 1.82) is 0 Å². The van der Waals surface area contributed by atoms with E-state index in [1.54, 1.807) is 6.26 Å². The molecule has 5 nitrogen and oxygen atoms in total. The third kappa shape index (κ3) is 5.79. The minimum Gasteiger partial charge on any atom is -0.494 e. The number of hydrogen-bond donors (Lipinski definition) is 1. The van der Waals surface area contributed by atoms with E-state index in [1.807, 2.05) is 61.5 Å². The fraction of sp³-hybridized carbons (Fsp3) is 0.389. The fourth-order valence-electron chi connectivity index (χ4n) is 2.26. The maximum absolute atomic E-state index is 11.9. The van der Waals surface area contributed by atoms with Crippen molar-refractivity contribution in [3.63, 3.8) is 0 Å². The lowest BCUT2D eigenvalue weighted by Crippen LogP contribution is -2.34. The van der Waals surface area contributed by atoms with Crippen molar-refractivity contribution >= 4 is 5.91 Å². The predicted octanol–water partition coefficient (Wildman–Crippen LogP) is 2.86. The van der Waals surface area contributed by atoms with Crippen LogP contribution in [0.1, 0.15) is 24.6 Å². The number of hydrogen-bond acceptors (Lipinski definition) is 4. The summed E-state index contributed by atoms with van der Waals surface area (Å²) in [5, 5.41) is 2.95. The van der Waals surface area contributed by atoms with Crippen molar-refractivity contribution in [3.05, 3.63) is 54.5 Å². The molecule has 124 valence electrons. The molecule has 23 heavy (non-hydrogen) atoms. The summed E-state index contributed by atoms with van der Waals surface area (Å²) in [6.45, 7) is 1.06. The Labute approximate surface area is 137 Å². The lowest BCUT2D eigenvalue weighted by atomic mass is 10.2. The van der Waals surface area contributed by atoms with E-state index in [0.29, 0.717) is 26.0 Å². The average Bonchev–Trinajstić information content (AvgIpc) is 3.06. The molecule has 0 aliphatic heterocycles. The Balaban J connectivity index is 1.66. The standard InChI is InChI=1S/C18H24N2O3/c1-20(2)16(17-10-6-13-23-17)14-19-18(21)11-7-12-22-15-8-4-3-5-9-15/h3-6,8-10,13,16H,7,11-12,14H2,1-2H3,(H,19,21)/t16-/m0/s1. The van der Waals surface area contributed by atoms with E-state index in [4.69, 9.17) is 9.15 Å². The molecule has 0 radical (unpaired) electrons. The molecule has 2 aromatic rings. The van der Waals surface area contributed by atoms with Crippen LogP contribution in [0.25, 0.3) is 0 Å². The number of nitrogens with zero attached hydrogens (tertiary/aromatic N) is 1. The largest absolute Gasteiger partial charge is 0.494 e. The number of carbonyl (C=O) groups excluding carboxylic acids is 1. The van der Waals surface area contributed by atoms with Gasteiger partial charge in [0.2, 0.25) is 5.91 Å². The monoisotopic (exact) mass is 316 g/mol. The summed E-state index contributed by atoms with van der Waals surface area (Å²) >= 11 is 0. The zero-order valence-electron chi connectivity index (χ0n) is 13.7. The van der Waals surface area contributed by atoms with Gasteiger partial charge in [0.05, 0.1) is 18.9 Å². The van der Waals surface area contributed by atoms with Crippen LogP contribution in [0.2, 0.25) is 0 Å². The number of amides is 1. The highest BCUT2D eigenvalue weighted by Crippen LogP contribution is 2.17. The van der Waals surface area contributed by atoms with Gasteiger partial charge < -0.3 is 14.5 Å². The van der Waals surface area contributed by atoms with Gasteiger partial charge in [-0.25, -0.2) is 0 Å². The Morgan fingerprint density at radius 1 is 1.22 bits per heavy atom. The van der Waals surface area contributed by atoms with Crippen molar-refractivity contribution in [2.75, 3.05) is 27.2 Å². The average molecular weight is 316 g/mol. The summed E-state index contributed by atoms with van der Waals surface area (Å²) in [4.78, 5) is 14.0. The van der Waals surface area contributed by atoms with Crippen LogP contribution in [0.5, 0.6) is 5.75 Å². The number of nitrogens with one attached hydrogen (secondary N) is 1. The number of benzene rings is 1. The van der Waals surface area contributed by atoms with Crippen LogP contribution in [-0.4, -0.2) is 38.1 Å². The third-order valence-electron chi connectivity index (χ3n) is 3.55. The van der Waals surface area contributed by atoms with Gasteiger partial charge >= 0.3 is 0 Å². The number of likely N-dealkylation sites (N-methyl/N-ethyl adjacent to an activating group) is 1. The van der Waals surface area contributed by atoms with Crippen LogP contribution < -0.4 is 10.1 Å². The predicted molar refractivity (Wildman–Crippen MR) is 89.3 cm³/mol. The molecule has 0 aliphatic rings. The van der Waals surface area contributed by atoms with Gasteiger partial charge in [-0.15, -0.1) is 0 Å². The molecule has 1 atom stereocenters. The first-order valence-corrected chi connectivity index (χ1v) is 7.81. The highest BCUT2D eigenvalue weighted by atomic mass is 16.5. The van der Waals surface area contributed by atoms with Crippen LogP contribution in [0.15, 0.2) is 53.1 Å². The molecule has 5 heteroatoms. The van der Waals surface area contributed by atoms with Crippen molar-refractivity contribution in [3.8, 4) is 5.75 Å². The minimum atomic E-state index is 0.0278. The molecule has 0 saturated heterocycles. The molecule has 1 aromatic carbocycles. The second kappa shape index (κ2) is 9.00. The van der Waals surface area contributed by atoms with Gasteiger partial charge in [-0.1, -0.05) is 18.2 Å². The molecule has 0 unspecified atom stereocenters. The molecule has 1 amide bonds. The molecular weight excluding hydrogens is 292 g/mol. The quantitative estimate of drug-likeness (QED) is 0.723. The first-order chi connectivity index (χ1) is 11.2. The number of rotatable bonds is 9. The summed E-state index contributed by atoms with van der Waals surface area (Å²) in [5.41, 5.74) is 0. The molecule has 2 rings (SSSR count). The highest BCUT2D eigenvalue weighted by molar-refractivity contribution is 5.75. The zero-order chi connectivity index (χ0) is 16.5. The lowest BCUT2D eigenvalue weighted by molar-refractivity contribution is -0.121. The fourth-order valence-corrected chi connectivity index (χ4v) is 2.26. The highest BCUT2D eigenvalue weighted by Gasteiger charge is 2.17. The van der Waals surface area contributed by atoms with Crippen molar-refractivity contribution in [2.45, 2.75) is 18.9 Å². The number of carbonyl (C=O) groups is 1. The second-order valence-electron chi connectivity index (χ2n) is 5.56. The van der Waals surface area contributed by atoms with Gasteiger partial charge in [0, 0.05) is 13.0 Å². The zero-order valence-corrected chi connectivity index (χ0v) is 13.7. The molecule has 0 fully saturated rings. The van der Waals surface area contributed by atoms with Crippen LogP contribution in [0, 0.1) is 0 Å². The number of furan rings is 1. The number of para-hydroxylation sites is 1. The molecule has 1 N–H and O–H groups in total. The van der Waals surface area contributed by atoms with Crippen LogP contribution in [0.3, 0.4) is 0 Å². The van der Waals surface area contributed by atoms with Gasteiger partial charge in [0.1, 0.15) is 11.5 Å². The van der Waals surface area contributed by atoms with E-state index in [9.17, 15) is 4.79 Å². The molecular formula is C18H24N2O3. The Morgan fingerprint density at radius 2 is 2.00 bits per heavy atom. The van der Waals surface area contributed by atoms with Crippen molar-refractivity contribution in [1.82, 2.24) is 10.2 Å². The molecule has 0 saturated carbocycles. The van der Waals surface area contributed by atoms with E-state index in [0.717, 1.165) is 11.5 Å². The SMILES string of the molecule is CN(C)[C@@H](CNC(=O)CCCOc1ccccc1)c1ccco1. The molecule has 0 spiro atoms. The molecule has 0 bridgehead atoms. The smallest absolute Gasteiger partial charge is 0.220 e. The topological polar surface area (TPSA) is 54.7 Å². The maximum atomic E-state index is 11.9. The van der Waals surface area contributed by atoms with E-state index in [1.165, 1.54) is 0 Å². The van der Waals surface area contributed by atoms with Gasteiger partial charge in [-0.2, -0.15) is 0 Å². The second-order valence-corrected chi connectivity index (χ2v) is 5.56. The minimum absolute atomic E-state index is 0.0278. The first kappa shape index (κ1) is 17.1. The van der Waals surface area contributed by atoms with E-state index >= 15 is 0 Å². The Bertz CT molecular complexity index is 567. The van der Waals surface area contributed by atoms with E-state index in [2.05, 4.69) is 5.32 Å². The lowest BCUT2D eigenvalue weighted by Gasteiger charge is -2.22. The van der Waals surface area contributed by atoms with Crippen molar-refractivity contribution < 1.29 is 13.9 Å². The van der Waals surface area contributed by atoms with Gasteiger partial charge in [0.15, 0.2) is 0 Å². The molecule has 0 aliphatic carbocycles. The van der Waals surface area contributed by atoms with Gasteiger partial charge in [-0.3, -0.25) is 9.69 Å². The van der Waals surface area contributed by atoms with E-state index in [-0.39, 0.29) is 11.9 Å². The molecule has 1 heterocycles. The number of ether oxygens (including phenoxy) is 1. The van der Waals surface area contributed by atoms with Crippen LogP contribution in [-0.2, 0) is 4.79 Å². The normalized spacial score (nSPS) is 12.1. The van der Waals surface area contributed by atoms with E-state index < -0.39 is 0 Å². The molecule has 1 aromatic heterocycles. The maximum Gasteiger partial charge on any atom is 0.220 e. The van der Waals surface area contributed by atoms with Gasteiger partial charge in [0.25, 0.3) is 0 Å². The Morgan fingerprint density at radius 3 is 2.65 bits per heavy atom. The summed E-state index contributed by atoms with van der Waals surface area (Å²) < 4.78 is 11.0. The Kier molecular flexibility index (Phi) is 6.69. The van der Waals surface area contributed by atoms with Gasteiger partial charge in [-0.05, 0) is 44.8 Å². The summed E-state index contributed by atoms with van der Waals surface area (Å²) in [6, 6.07) is 13.4. The van der Waals surface area contributed by atoms with Crippen LogP contribution in [0.4, 0.5) is 0 Å². The first-order valence-electron chi connectivity index (χ1n) is 7.81. The summed E-state index contributed by atoms with van der Waals surface area (Å²) in [5.74, 6) is 1.71. The Hall–Kier alpha value is -2.27.